The molecule has 1 aliphatic rings. The Labute approximate surface area is 107 Å². The Morgan fingerprint density at radius 3 is 2.76 bits per heavy atom. The fourth-order valence-corrected chi connectivity index (χ4v) is 2.75. The summed E-state index contributed by atoms with van der Waals surface area (Å²) in [7, 11) is 0. The van der Waals surface area contributed by atoms with Crippen LogP contribution in [0, 0.1) is 11.2 Å². The van der Waals surface area contributed by atoms with Gasteiger partial charge in [-0.25, -0.2) is 4.39 Å². The van der Waals surface area contributed by atoms with E-state index in [1.54, 1.807) is 12.1 Å². The third-order valence-corrected chi connectivity index (χ3v) is 4.11. The van der Waals surface area contributed by atoms with Gasteiger partial charge in [-0.05, 0) is 55.0 Å². The molecule has 17 heavy (non-hydrogen) atoms. The van der Waals surface area contributed by atoms with Gasteiger partial charge in [0.25, 0.3) is 0 Å². The van der Waals surface area contributed by atoms with Crippen molar-refractivity contribution >= 4 is 11.6 Å². The molecular weight excluding hydrogens is 237 g/mol. The van der Waals surface area contributed by atoms with Gasteiger partial charge in [0.05, 0.1) is 0 Å². The van der Waals surface area contributed by atoms with Crippen LogP contribution in [0.2, 0.25) is 5.02 Å². The molecule has 1 fully saturated rings. The fraction of sp³-hybridized carbons (Fsp3) is 0.571. The monoisotopic (exact) mass is 255 g/mol. The lowest BCUT2D eigenvalue weighted by Gasteiger charge is -2.42. The Morgan fingerprint density at radius 1 is 1.41 bits per heavy atom. The topological polar surface area (TPSA) is 12.0 Å². The molecule has 0 bridgehead atoms. The van der Waals surface area contributed by atoms with E-state index in [1.165, 1.54) is 25.3 Å². The highest BCUT2D eigenvalue weighted by molar-refractivity contribution is 6.31. The van der Waals surface area contributed by atoms with E-state index in [2.05, 4.69) is 12.2 Å². The smallest absolute Gasteiger partial charge is 0.123 e. The van der Waals surface area contributed by atoms with Crippen LogP contribution in [0.1, 0.15) is 31.7 Å². The quantitative estimate of drug-likeness (QED) is 0.844. The van der Waals surface area contributed by atoms with Crippen molar-refractivity contribution in [1.29, 1.82) is 0 Å². The van der Waals surface area contributed by atoms with E-state index in [9.17, 15) is 4.39 Å². The van der Waals surface area contributed by atoms with Gasteiger partial charge in [-0.3, -0.25) is 0 Å². The third-order valence-electron chi connectivity index (χ3n) is 3.74. The normalized spacial score (nSPS) is 17.8. The highest BCUT2D eigenvalue weighted by Gasteiger charge is 2.36. The molecule has 0 radical (unpaired) electrons. The number of benzene rings is 1. The first-order chi connectivity index (χ1) is 8.15. The number of nitrogens with one attached hydrogen (secondary N) is 1. The number of halogens is 2. The second-order valence-electron chi connectivity index (χ2n) is 5.05. The van der Waals surface area contributed by atoms with Gasteiger partial charge in [-0.15, -0.1) is 0 Å². The molecule has 0 aromatic heterocycles. The van der Waals surface area contributed by atoms with Crippen LogP contribution in [-0.4, -0.2) is 13.1 Å². The van der Waals surface area contributed by atoms with E-state index in [0.717, 1.165) is 25.1 Å². The number of rotatable bonds is 5. The van der Waals surface area contributed by atoms with Crippen molar-refractivity contribution in [3.8, 4) is 0 Å². The van der Waals surface area contributed by atoms with Crippen LogP contribution in [-0.2, 0) is 6.42 Å². The second-order valence-corrected chi connectivity index (χ2v) is 5.45. The van der Waals surface area contributed by atoms with E-state index in [0.29, 0.717) is 10.4 Å². The Morgan fingerprint density at radius 2 is 2.18 bits per heavy atom. The predicted octanol–water partition coefficient (Wildman–Crippen LogP) is 3.80. The van der Waals surface area contributed by atoms with Gasteiger partial charge in [-0.1, -0.05) is 24.9 Å². The molecule has 0 atom stereocenters. The van der Waals surface area contributed by atoms with Gasteiger partial charge >= 0.3 is 0 Å². The highest BCUT2D eigenvalue weighted by atomic mass is 35.5. The van der Waals surface area contributed by atoms with Crippen molar-refractivity contribution in [2.45, 2.75) is 32.6 Å². The molecule has 1 N–H and O–H groups in total. The maximum absolute atomic E-state index is 13.2. The summed E-state index contributed by atoms with van der Waals surface area (Å²) in [6.07, 6.45) is 4.59. The highest BCUT2D eigenvalue weighted by Crippen LogP contribution is 2.44. The summed E-state index contributed by atoms with van der Waals surface area (Å²) in [5.74, 6) is -0.192. The lowest BCUT2D eigenvalue weighted by molar-refractivity contribution is 0.131. The van der Waals surface area contributed by atoms with Crippen molar-refractivity contribution < 1.29 is 4.39 Å². The zero-order valence-electron chi connectivity index (χ0n) is 10.2. The van der Waals surface area contributed by atoms with Gasteiger partial charge < -0.3 is 5.32 Å². The molecule has 0 heterocycles. The Hall–Kier alpha value is -0.600. The molecule has 3 heteroatoms. The molecule has 1 nitrogen and oxygen atoms in total. The number of hydrogen-bond acceptors (Lipinski definition) is 1. The molecule has 0 saturated heterocycles. The Kier molecular flexibility index (Phi) is 4.05. The van der Waals surface area contributed by atoms with Crippen molar-refractivity contribution in [1.82, 2.24) is 5.32 Å². The molecule has 1 aliphatic carbocycles. The molecule has 0 aliphatic heterocycles. The third kappa shape index (κ3) is 2.99. The average molecular weight is 256 g/mol. The maximum atomic E-state index is 13.2. The van der Waals surface area contributed by atoms with Crippen molar-refractivity contribution in [2.75, 3.05) is 13.1 Å². The first kappa shape index (κ1) is 12.8. The summed E-state index contributed by atoms with van der Waals surface area (Å²) in [5.41, 5.74) is 1.25. The van der Waals surface area contributed by atoms with Crippen LogP contribution in [0.5, 0.6) is 0 Å². The van der Waals surface area contributed by atoms with E-state index in [4.69, 9.17) is 11.6 Å². The van der Waals surface area contributed by atoms with E-state index in [-0.39, 0.29) is 5.82 Å². The first-order valence-corrected chi connectivity index (χ1v) is 6.68. The Balaban J connectivity index is 2.09. The summed E-state index contributed by atoms with van der Waals surface area (Å²) in [6.45, 7) is 4.11. The van der Waals surface area contributed by atoms with Gasteiger partial charge in [0.1, 0.15) is 5.82 Å². The molecule has 94 valence electrons. The zero-order valence-corrected chi connectivity index (χ0v) is 11.0. The van der Waals surface area contributed by atoms with Crippen LogP contribution in [0.4, 0.5) is 4.39 Å². The molecule has 1 saturated carbocycles. The minimum atomic E-state index is -0.192. The standard InChI is InChI=1S/C14H19ClFN/c1-2-17-10-14(6-3-7-14)9-11-8-12(16)4-5-13(11)15/h4-5,8,17H,2-3,6-7,9-10H2,1H3. The average Bonchev–Trinajstić information content (AvgIpc) is 2.26. The lowest BCUT2D eigenvalue weighted by atomic mass is 9.65. The minimum Gasteiger partial charge on any atom is -0.316 e. The predicted molar refractivity (Wildman–Crippen MR) is 69.9 cm³/mol. The van der Waals surface area contributed by atoms with Crippen molar-refractivity contribution in [3.63, 3.8) is 0 Å². The zero-order chi connectivity index (χ0) is 12.3. The van der Waals surface area contributed by atoms with Crippen molar-refractivity contribution in [3.05, 3.63) is 34.6 Å². The minimum absolute atomic E-state index is 0.192. The summed E-state index contributed by atoms with van der Waals surface area (Å²) in [6, 6.07) is 4.66. The Bertz CT molecular complexity index is 388. The van der Waals surface area contributed by atoms with E-state index in [1.807, 2.05) is 0 Å². The van der Waals surface area contributed by atoms with Crippen LogP contribution < -0.4 is 5.32 Å². The van der Waals surface area contributed by atoms with E-state index < -0.39 is 0 Å². The van der Waals surface area contributed by atoms with E-state index >= 15 is 0 Å². The molecule has 1 aromatic carbocycles. The van der Waals surface area contributed by atoms with Crippen LogP contribution in [0.15, 0.2) is 18.2 Å². The molecule has 2 rings (SSSR count). The second kappa shape index (κ2) is 5.36. The van der Waals surface area contributed by atoms with Gasteiger partial charge in [0.15, 0.2) is 0 Å². The lowest BCUT2D eigenvalue weighted by Crippen LogP contribution is -2.41. The largest absolute Gasteiger partial charge is 0.316 e. The number of hydrogen-bond donors (Lipinski definition) is 1. The molecule has 0 unspecified atom stereocenters. The van der Waals surface area contributed by atoms with Crippen molar-refractivity contribution in [2.24, 2.45) is 5.41 Å². The summed E-state index contributed by atoms with van der Waals surface area (Å²) in [4.78, 5) is 0. The summed E-state index contributed by atoms with van der Waals surface area (Å²) >= 11 is 6.13. The SMILES string of the molecule is CCNCC1(Cc2cc(F)ccc2Cl)CCC1. The van der Waals surface area contributed by atoms with Crippen LogP contribution in [0.3, 0.4) is 0 Å². The summed E-state index contributed by atoms with van der Waals surface area (Å²) < 4.78 is 13.2. The summed E-state index contributed by atoms with van der Waals surface area (Å²) in [5, 5.41) is 4.10. The van der Waals surface area contributed by atoms with Gasteiger partial charge in [0, 0.05) is 11.6 Å². The van der Waals surface area contributed by atoms with Crippen LogP contribution >= 0.6 is 11.6 Å². The van der Waals surface area contributed by atoms with Gasteiger partial charge in [0.2, 0.25) is 0 Å². The first-order valence-electron chi connectivity index (χ1n) is 6.30. The molecular formula is C14H19ClFN. The molecule has 0 spiro atoms. The van der Waals surface area contributed by atoms with Crippen LogP contribution in [0.25, 0.3) is 0 Å². The van der Waals surface area contributed by atoms with Gasteiger partial charge in [-0.2, -0.15) is 0 Å². The molecule has 0 amide bonds. The maximum Gasteiger partial charge on any atom is 0.123 e. The molecule has 1 aromatic rings. The fourth-order valence-electron chi connectivity index (χ4n) is 2.57.